The van der Waals surface area contributed by atoms with Crippen LogP contribution in [0.3, 0.4) is 0 Å². The second-order valence-corrected chi connectivity index (χ2v) is 9.64. The van der Waals surface area contributed by atoms with Gasteiger partial charge < -0.3 is 19.3 Å². The molecule has 2 aromatic rings. The molecule has 1 amide bonds. The smallest absolute Gasteiger partial charge is 0.243 e. The first-order valence-electron chi connectivity index (χ1n) is 12.2. The molecule has 172 valence electrons. The van der Waals surface area contributed by atoms with Gasteiger partial charge >= 0.3 is 0 Å². The van der Waals surface area contributed by atoms with Gasteiger partial charge in [-0.25, -0.2) is 0 Å². The number of aryl methyl sites for hydroxylation is 1. The van der Waals surface area contributed by atoms with Gasteiger partial charge in [-0.1, -0.05) is 30.3 Å². The first-order chi connectivity index (χ1) is 15.7. The van der Waals surface area contributed by atoms with E-state index in [1.165, 1.54) is 18.4 Å². The zero-order valence-corrected chi connectivity index (χ0v) is 18.9. The van der Waals surface area contributed by atoms with E-state index in [0.29, 0.717) is 6.54 Å². The summed E-state index contributed by atoms with van der Waals surface area (Å²) in [5.74, 6) is 1.03. The van der Waals surface area contributed by atoms with Gasteiger partial charge in [0.25, 0.3) is 0 Å². The topological polar surface area (TPSA) is 60.2 Å². The predicted octanol–water partition coefficient (Wildman–Crippen LogP) is 3.26. The number of carbonyl (C=O) groups is 1. The molecule has 32 heavy (non-hydrogen) atoms. The van der Waals surface area contributed by atoms with Crippen molar-refractivity contribution in [1.82, 2.24) is 14.7 Å². The van der Waals surface area contributed by atoms with Gasteiger partial charge in [0.05, 0.1) is 18.8 Å². The maximum Gasteiger partial charge on any atom is 0.243 e. The number of amides is 1. The van der Waals surface area contributed by atoms with E-state index in [-0.39, 0.29) is 11.9 Å². The van der Waals surface area contributed by atoms with E-state index < -0.39 is 11.8 Å². The van der Waals surface area contributed by atoms with Crippen LogP contribution < -0.4 is 0 Å². The van der Waals surface area contributed by atoms with Crippen molar-refractivity contribution in [3.8, 4) is 0 Å². The Labute approximate surface area is 190 Å². The molecule has 6 nitrogen and oxygen atoms in total. The van der Waals surface area contributed by atoms with Crippen molar-refractivity contribution < 1.29 is 14.3 Å². The summed E-state index contributed by atoms with van der Waals surface area (Å²) < 4.78 is 5.60. The van der Waals surface area contributed by atoms with E-state index >= 15 is 0 Å². The number of piperazine rings is 1. The van der Waals surface area contributed by atoms with Gasteiger partial charge in [-0.15, -0.1) is 0 Å². The van der Waals surface area contributed by atoms with Crippen molar-refractivity contribution >= 4 is 5.91 Å². The molecular formula is C26H35N3O3. The second kappa shape index (κ2) is 9.38. The van der Waals surface area contributed by atoms with Gasteiger partial charge in [0.1, 0.15) is 17.5 Å². The summed E-state index contributed by atoms with van der Waals surface area (Å²) in [6.45, 7) is 4.14. The Morgan fingerprint density at radius 2 is 1.84 bits per heavy atom. The lowest BCUT2D eigenvalue weighted by molar-refractivity contribution is -0.193. The lowest BCUT2D eigenvalue weighted by atomic mass is 9.80. The number of aliphatic hydroxyl groups is 1. The van der Waals surface area contributed by atoms with Crippen molar-refractivity contribution in [2.24, 2.45) is 0 Å². The molecule has 1 aromatic heterocycles. The SMILES string of the molecule is O=C1N2CCCC2C(O)N(Cc2ccco2)C12CCN(CCCCc1ccccc1)CC2. The molecule has 2 unspecified atom stereocenters. The molecule has 0 aliphatic carbocycles. The van der Waals surface area contributed by atoms with Crippen LogP contribution in [0.15, 0.2) is 53.1 Å². The van der Waals surface area contributed by atoms with Crippen molar-refractivity contribution in [2.75, 3.05) is 26.2 Å². The fourth-order valence-electron chi connectivity index (χ4n) is 5.98. The fraction of sp³-hybridized carbons (Fsp3) is 0.577. The minimum absolute atomic E-state index is 0.0842. The summed E-state index contributed by atoms with van der Waals surface area (Å²) in [6, 6.07) is 14.4. The number of aliphatic hydroxyl groups excluding tert-OH is 1. The molecule has 1 aromatic carbocycles. The third-order valence-corrected chi connectivity index (χ3v) is 7.79. The minimum Gasteiger partial charge on any atom is -0.468 e. The molecule has 2 atom stereocenters. The van der Waals surface area contributed by atoms with Crippen molar-refractivity contribution in [2.45, 2.75) is 69.3 Å². The van der Waals surface area contributed by atoms with Crippen LogP contribution in [-0.4, -0.2) is 69.7 Å². The summed E-state index contributed by atoms with van der Waals surface area (Å²) in [4.78, 5) is 20.2. The Morgan fingerprint density at radius 3 is 2.59 bits per heavy atom. The van der Waals surface area contributed by atoms with Crippen LogP contribution in [-0.2, 0) is 17.8 Å². The molecule has 3 aliphatic heterocycles. The first-order valence-corrected chi connectivity index (χ1v) is 12.2. The molecule has 3 aliphatic rings. The Hall–Kier alpha value is -2.15. The molecule has 5 rings (SSSR count). The summed E-state index contributed by atoms with van der Waals surface area (Å²) in [7, 11) is 0. The average molecular weight is 438 g/mol. The first kappa shape index (κ1) is 21.7. The highest BCUT2D eigenvalue weighted by molar-refractivity contribution is 5.88. The maximum atomic E-state index is 13.7. The molecule has 4 heterocycles. The van der Waals surface area contributed by atoms with Crippen molar-refractivity contribution in [3.63, 3.8) is 0 Å². The average Bonchev–Trinajstić information content (AvgIpc) is 3.52. The Balaban J connectivity index is 1.22. The van der Waals surface area contributed by atoms with Crippen LogP contribution in [0.25, 0.3) is 0 Å². The van der Waals surface area contributed by atoms with Crippen molar-refractivity contribution in [3.05, 3.63) is 60.1 Å². The number of rotatable bonds is 7. The quantitative estimate of drug-likeness (QED) is 0.674. The van der Waals surface area contributed by atoms with Gasteiger partial charge in [-0.3, -0.25) is 9.69 Å². The van der Waals surface area contributed by atoms with Crippen LogP contribution in [0.2, 0.25) is 0 Å². The normalized spacial score (nSPS) is 26.0. The van der Waals surface area contributed by atoms with E-state index in [1.54, 1.807) is 6.26 Å². The largest absolute Gasteiger partial charge is 0.468 e. The molecule has 1 spiro atoms. The van der Waals surface area contributed by atoms with E-state index in [9.17, 15) is 9.90 Å². The van der Waals surface area contributed by atoms with E-state index in [0.717, 1.165) is 64.0 Å². The number of carbonyl (C=O) groups excluding carboxylic acids is 1. The zero-order valence-electron chi connectivity index (χ0n) is 18.9. The number of furan rings is 1. The number of hydrogen-bond acceptors (Lipinski definition) is 5. The monoisotopic (exact) mass is 437 g/mol. The Morgan fingerprint density at radius 1 is 1.03 bits per heavy atom. The number of benzene rings is 1. The fourth-order valence-corrected chi connectivity index (χ4v) is 5.98. The highest BCUT2D eigenvalue weighted by Gasteiger charge is 2.57. The number of fused-ring (bicyclic) bond motifs is 1. The van der Waals surface area contributed by atoms with Crippen LogP contribution in [0.5, 0.6) is 0 Å². The van der Waals surface area contributed by atoms with Gasteiger partial charge in [0.2, 0.25) is 5.91 Å². The predicted molar refractivity (Wildman–Crippen MR) is 123 cm³/mol. The summed E-state index contributed by atoms with van der Waals surface area (Å²) in [5, 5.41) is 11.3. The van der Waals surface area contributed by atoms with Gasteiger partial charge in [-0.2, -0.15) is 0 Å². The number of likely N-dealkylation sites (tertiary alicyclic amines) is 1. The highest BCUT2D eigenvalue weighted by atomic mass is 16.3. The van der Waals surface area contributed by atoms with Crippen LogP contribution in [0.1, 0.15) is 49.8 Å². The molecule has 3 saturated heterocycles. The molecule has 3 fully saturated rings. The van der Waals surface area contributed by atoms with Gasteiger partial charge in [0.15, 0.2) is 0 Å². The summed E-state index contributed by atoms with van der Waals surface area (Å²) >= 11 is 0. The van der Waals surface area contributed by atoms with Gasteiger partial charge in [-0.05, 0) is 69.2 Å². The number of piperidine rings is 1. The zero-order chi connectivity index (χ0) is 22.0. The van der Waals surface area contributed by atoms with Gasteiger partial charge in [0, 0.05) is 19.6 Å². The van der Waals surface area contributed by atoms with E-state index in [2.05, 4.69) is 40.1 Å². The molecular weight excluding hydrogens is 402 g/mol. The number of hydrogen-bond donors (Lipinski definition) is 1. The molecule has 0 bridgehead atoms. The highest BCUT2D eigenvalue weighted by Crippen LogP contribution is 2.42. The summed E-state index contributed by atoms with van der Waals surface area (Å²) in [5.41, 5.74) is 0.786. The maximum absolute atomic E-state index is 13.7. The lowest BCUT2D eigenvalue weighted by Gasteiger charge is -2.56. The lowest BCUT2D eigenvalue weighted by Crippen LogP contribution is -2.73. The molecule has 0 saturated carbocycles. The molecule has 6 heteroatoms. The Kier molecular flexibility index (Phi) is 6.35. The number of nitrogens with zero attached hydrogens (tertiary/aromatic N) is 3. The third kappa shape index (κ3) is 4.12. The Bertz CT molecular complexity index is 877. The summed E-state index contributed by atoms with van der Waals surface area (Å²) in [6.07, 6.45) is 7.91. The van der Waals surface area contributed by atoms with Crippen molar-refractivity contribution in [1.29, 1.82) is 0 Å². The molecule has 0 radical (unpaired) electrons. The standard InChI is InChI=1S/C26H35N3O3/c30-24-23-12-6-16-28(23)25(31)26(29(24)20-22-11-7-19-32-22)13-17-27(18-14-26)15-5-4-10-21-8-2-1-3-9-21/h1-3,7-9,11,19,23-24,30H,4-6,10,12-18,20H2. The number of unbranched alkanes of at least 4 members (excludes halogenated alkanes) is 1. The van der Waals surface area contributed by atoms with E-state index in [4.69, 9.17) is 4.42 Å². The second-order valence-electron chi connectivity index (χ2n) is 9.64. The van der Waals surface area contributed by atoms with Crippen LogP contribution >= 0.6 is 0 Å². The third-order valence-electron chi connectivity index (χ3n) is 7.79. The van der Waals surface area contributed by atoms with Crippen LogP contribution in [0.4, 0.5) is 0 Å². The minimum atomic E-state index is -0.627. The van der Waals surface area contributed by atoms with E-state index in [1.807, 2.05) is 17.0 Å². The molecule has 1 N–H and O–H groups in total. The van der Waals surface area contributed by atoms with Crippen LogP contribution in [0, 0.1) is 0 Å².